The molecule has 19 heavy (non-hydrogen) atoms. The molecule has 0 saturated carbocycles. The maximum absolute atomic E-state index is 13.6. The van der Waals surface area contributed by atoms with Crippen LogP contribution in [0.2, 0.25) is 5.02 Å². The van der Waals surface area contributed by atoms with Gasteiger partial charge in [-0.2, -0.15) is 0 Å². The number of halogens is 2. The second-order valence-electron chi connectivity index (χ2n) is 4.29. The van der Waals surface area contributed by atoms with Crippen LogP contribution in [0, 0.1) is 5.82 Å². The molecule has 0 saturated heterocycles. The molecule has 0 heterocycles. The van der Waals surface area contributed by atoms with Crippen molar-refractivity contribution >= 4 is 23.4 Å². The van der Waals surface area contributed by atoms with Gasteiger partial charge in [-0.1, -0.05) is 35.9 Å². The molecule has 2 aromatic carbocycles. The first kappa shape index (κ1) is 14.4. The number of thioether (sulfide) groups is 1. The summed E-state index contributed by atoms with van der Waals surface area (Å²) in [4.78, 5) is 1.16. The molecule has 4 heteroatoms. The predicted octanol–water partition coefficient (Wildman–Crippen LogP) is 4.14. The van der Waals surface area contributed by atoms with Crippen LogP contribution in [0.4, 0.5) is 4.39 Å². The molecule has 0 fully saturated rings. The SMILES string of the molecule is NC(CSc1ccccc1)Cc1c(F)cccc1Cl. The molecule has 100 valence electrons. The van der Waals surface area contributed by atoms with Gasteiger partial charge in [0.1, 0.15) is 5.82 Å². The average Bonchev–Trinajstić information content (AvgIpc) is 2.42. The lowest BCUT2D eigenvalue weighted by Crippen LogP contribution is -2.26. The van der Waals surface area contributed by atoms with E-state index in [1.807, 2.05) is 30.3 Å². The van der Waals surface area contributed by atoms with Crippen molar-refractivity contribution in [3.05, 3.63) is 64.9 Å². The molecule has 0 bridgehead atoms. The predicted molar refractivity (Wildman–Crippen MR) is 80.3 cm³/mol. The summed E-state index contributed by atoms with van der Waals surface area (Å²) in [6.45, 7) is 0. The standard InChI is InChI=1S/C15H15ClFNS/c16-14-7-4-8-15(17)13(14)9-11(18)10-19-12-5-2-1-3-6-12/h1-8,11H,9-10,18H2. The number of benzene rings is 2. The highest BCUT2D eigenvalue weighted by Crippen LogP contribution is 2.23. The van der Waals surface area contributed by atoms with E-state index in [4.69, 9.17) is 17.3 Å². The first-order valence-corrected chi connectivity index (χ1v) is 7.39. The normalized spacial score (nSPS) is 12.4. The second kappa shape index (κ2) is 6.94. The third-order valence-electron chi connectivity index (χ3n) is 2.74. The molecule has 1 atom stereocenters. The molecule has 0 radical (unpaired) electrons. The molecule has 0 amide bonds. The third-order valence-corrected chi connectivity index (χ3v) is 4.29. The number of hydrogen-bond donors (Lipinski definition) is 1. The zero-order valence-corrected chi connectivity index (χ0v) is 11.9. The van der Waals surface area contributed by atoms with Crippen LogP contribution in [-0.2, 0) is 6.42 Å². The maximum Gasteiger partial charge on any atom is 0.127 e. The fourth-order valence-electron chi connectivity index (χ4n) is 1.77. The van der Waals surface area contributed by atoms with E-state index in [-0.39, 0.29) is 11.9 Å². The Morgan fingerprint density at radius 2 is 1.84 bits per heavy atom. The molecule has 0 aromatic heterocycles. The average molecular weight is 296 g/mol. The molecule has 0 aliphatic carbocycles. The smallest absolute Gasteiger partial charge is 0.127 e. The van der Waals surface area contributed by atoms with Crippen LogP contribution >= 0.6 is 23.4 Å². The minimum Gasteiger partial charge on any atom is -0.327 e. The maximum atomic E-state index is 13.6. The zero-order valence-electron chi connectivity index (χ0n) is 10.4. The van der Waals surface area contributed by atoms with Gasteiger partial charge in [0.15, 0.2) is 0 Å². The molecule has 1 unspecified atom stereocenters. The van der Waals surface area contributed by atoms with Crippen LogP contribution in [0.3, 0.4) is 0 Å². The Bertz CT molecular complexity index is 513. The van der Waals surface area contributed by atoms with Crippen molar-refractivity contribution in [1.82, 2.24) is 0 Å². The molecule has 2 aromatic rings. The van der Waals surface area contributed by atoms with E-state index in [2.05, 4.69) is 0 Å². The van der Waals surface area contributed by atoms with Crippen LogP contribution in [0.1, 0.15) is 5.56 Å². The lowest BCUT2D eigenvalue weighted by atomic mass is 10.1. The lowest BCUT2D eigenvalue weighted by Gasteiger charge is -2.13. The van der Waals surface area contributed by atoms with E-state index < -0.39 is 0 Å². The Morgan fingerprint density at radius 3 is 2.53 bits per heavy atom. The Hall–Kier alpha value is -1.03. The zero-order chi connectivity index (χ0) is 13.7. The van der Waals surface area contributed by atoms with Crippen molar-refractivity contribution in [1.29, 1.82) is 0 Å². The van der Waals surface area contributed by atoms with E-state index >= 15 is 0 Å². The quantitative estimate of drug-likeness (QED) is 0.839. The van der Waals surface area contributed by atoms with Crippen molar-refractivity contribution in [2.75, 3.05) is 5.75 Å². The van der Waals surface area contributed by atoms with Gasteiger partial charge in [-0.3, -0.25) is 0 Å². The molecule has 2 rings (SSSR count). The van der Waals surface area contributed by atoms with E-state index in [1.54, 1.807) is 23.9 Å². The van der Waals surface area contributed by atoms with Crippen molar-refractivity contribution in [2.24, 2.45) is 5.73 Å². The third kappa shape index (κ3) is 4.23. The van der Waals surface area contributed by atoms with Crippen molar-refractivity contribution < 1.29 is 4.39 Å². The Labute approximate surface area is 122 Å². The van der Waals surface area contributed by atoms with Gasteiger partial charge < -0.3 is 5.73 Å². The number of nitrogens with two attached hydrogens (primary N) is 1. The van der Waals surface area contributed by atoms with Crippen LogP contribution in [0.25, 0.3) is 0 Å². The Morgan fingerprint density at radius 1 is 1.11 bits per heavy atom. The first-order chi connectivity index (χ1) is 9.16. The first-order valence-electron chi connectivity index (χ1n) is 6.03. The largest absolute Gasteiger partial charge is 0.327 e. The molecule has 0 spiro atoms. The van der Waals surface area contributed by atoms with Crippen LogP contribution in [-0.4, -0.2) is 11.8 Å². The molecular weight excluding hydrogens is 281 g/mol. The molecule has 2 N–H and O–H groups in total. The summed E-state index contributed by atoms with van der Waals surface area (Å²) in [5.74, 6) is 0.446. The lowest BCUT2D eigenvalue weighted by molar-refractivity contribution is 0.597. The van der Waals surface area contributed by atoms with Gasteiger partial charge in [0.25, 0.3) is 0 Å². The van der Waals surface area contributed by atoms with Crippen LogP contribution in [0.5, 0.6) is 0 Å². The minimum absolute atomic E-state index is 0.125. The van der Waals surface area contributed by atoms with E-state index in [1.165, 1.54) is 6.07 Å². The highest BCUT2D eigenvalue weighted by Gasteiger charge is 2.12. The van der Waals surface area contributed by atoms with Gasteiger partial charge in [0.2, 0.25) is 0 Å². The Kier molecular flexibility index (Phi) is 5.25. The van der Waals surface area contributed by atoms with Crippen molar-refractivity contribution in [3.63, 3.8) is 0 Å². The summed E-state index contributed by atoms with van der Waals surface area (Å²) >= 11 is 7.66. The minimum atomic E-state index is -0.285. The fraction of sp³-hybridized carbons (Fsp3) is 0.200. The van der Waals surface area contributed by atoms with Gasteiger partial charge >= 0.3 is 0 Å². The van der Waals surface area contributed by atoms with Crippen molar-refractivity contribution in [3.8, 4) is 0 Å². The summed E-state index contributed by atoms with van der Waals surface area (Å²) in [7, 11) is 0. The van der Waals surface area contributed by atoms with Gasteiger partial charge in [0.05, 0.1) is 0 Å². The highest BCUT2D eigenvalue weighted by atomic mass is 35.5. The summed E-state index contributed by atoms with van der Waals surface area (Å²) in [5, 5.41) is 0.445. The van der Waals surface area contributed by atoms with Crippen LogP contribution in [0.15, 0.2) is 53.4 Å². The van der Waals surface area contributed by atoms with Gasteiger partial charge in [-0.05, 0) is 30.7 Å². The number of hydrogen-bond acceptors (Lipinski definition) is 2. The molecule has 0 aliphatic heterocycles. The second-order valence-corrected chi connectivity index (χ2v) is 5.79. The summed E-state index contributed by atoms with van der Waals surface area (Å²) < 4.78 is 13.6. The van der Waals surface area contributed by atoms with Crippen LogP contribution < -0.4 is 5.73 Å². The monoisotopic (exact) mass is 295 g/mol. The van der Waals surface area contributed by atoms with E-state index in [9.17, 15) is 4.39 Å². The summed E-state index contributed by atoms with van der Waals surface area (Å²) in [5.41, 5.74) is 6.55. The highest BCUT2D eigenvalue weighted by molar-refractivity contribution is 7.99. The summed E-state index contributed by atoms with van der Waals surface area (Å²) in [6.07, 6.45) is 0.450. The molecular formula is C15H15ClFNS. The van der Waals surface area contributed by atoms with Gasteiger partial charge in [-0.25, -0.2) is 4.39 Å². The Balaban J connectivity index is 1.93. The fourth-order valence-corrected chi connectivity index (χ4v) is 2.88. The van der Waals surface area contributed by atoms with Gasteiger partial charge in [-0.15, -0.1) is 11.8 Å². The van der Waals surface area contributed by atoms with Crippen molar-refractivity contribution in [2.45, 2.75) is 17.4 Å². The van der Waals surface area contributed by atoms with E-state index in [0.29, 0.717) is 17.0 Å². The number of rotatable bonds is 5. The molecule has 0 aliphatic rings. The summed E-state index contributed by atoms with van der Waals surface area (Å²) in [6, 6.07) is 14.6. The van der Waals surface area contributed by atoms with Gasteiger partial charge in [0, 0.05) is 27.3 Å². The topological polar surface area (TPSA) is 26.0 Å². The molecule has 1 nitrogen and oxygen atoms in total. The van der Waals surface area contributed by atoms with E-state index in [0.717, 1.165) is 10.6 Å².